The van der Waals surface area contributed by atoms with E-state index >= 15 is 0 Å². The number of ether oxygens (including phenoxy) is 2. The number of nitrogens with zero attached hydrogens (tertiary/aromatic N) is 2. The average Bonchev–Trinajstić information content (AvgIpc) is 2.70. The second-order valence-corrected chi connectivity index (χ2v) is 8.51. The first-order valence-electron chi connectivity index (χ1n) is 10.9. The van der Waals surface area contributed by atoms with E-state index in [1.165, 1.54) is 24.7 Å². The number of carbonyl (C=O) groups is 1. The molecule has 2 saturated heterocycles. The van der Waals surface area contributed by atoms with Crippen molar-refractivity contribution in [1.29, 1.82) is 0 Å². The highest BCUT2D eigenvalue weighted by atomic mass is 16.5. The first kappa shape index (κ1) is 23.1. The summed E-state index contributed by atoms with van der Waals surface area (Å²) < 4.78 is 10.4. The summed E-state index contributed by atoms with van der Waals surface area (Å²) in [5.74, 6) is 0.429. The van der Waals surface area contributed by atoms with Crippen LogP contribution in [0.3, 0.4) is 0 Å². The van der Waals surface area contributed by atoms with Gasteiger partial charge in [-0.3, -0.25) is 14.6 Å². The number of piperidine rings is 1. The molecule has 0 radical (unpaired) electrons. The van der Waals surface area contributed by atoms with Gasteiger partial charge in [-0.05, 0) is 58.9 Å². The van der Waals surface area contributed by atoms with Gasteiger partial charge in [0.25, 0.3) is 0 Å². The van der Waals surface area contributed by atoms with E-state index in [4.69, 9.17) is 9.47 Å². The summed E-state index contributed by atoms with van der Waals surface area (Å²) in [4.78, 5) is 16.8. The van der Waals surface area contributed by atoms with Crippen molar-refractivity contribution in [2.75, 3.05) is 53.0 Å². The maximum Gasteiger partial charge on any atom is 0.305 e. The number of esters is 1. The van der Waals surface area contributed by atoms with Gasteiger partial charge in [0.2, 0.25) is 0 Å². The van der Waals surface area contributed by atoms with E-state index in [9.17, 15) is 4.79 Å². The van der Waals surface area contributed by atoms with Crippen LogP contribution in [-0.4, -0.2) is 74.9 Å². The highest BCUT2D eigenvalue weighted by molar-refractivity contribution is 5.69. The van der Waals surface area contributed by atoms with Crippen molar-refractivity contribution in [3.63, 3.8) is 0 Å². The highest BCUT2D eigenvalue weighted by Crippen LogP contribution is 2.27. The SMILES string of the molecule is COC(=O)CC[C@H]1CN(C/C=C(\C)CCC=C(C)C)CC[C@H]1N1CCOCC1. The van der Waals surface area contributed by atoms with Crippen molar-refractivity contribution < 1.29 is 14.3 Å². The van der Waals surface area contributed by atoms with Gasteiger partial charge in [0.1, 0.15) is 0 Å². The van der Waals surface area contributed by atoms with Gasteiger partial charge in [-0.15, -0.1) is 0 Å². The molecule has 2 aliphatic rings. The van der Waals surface area contributed by atoms with Crippen molar-refractivity contribution in [3.05, 3.63) is 23.3 Å². The molecule has 0 aromatic heterocycles. The highest BCUT2D eigenvalue weighted by Gasteiger charge is 2.33. The average molecular weight is 393 g/mol. The summed E-state index contributed by atoms with van der Waals surface area (Å²) in [6, 6.07) is 0.563. The third kappa shape index (κ3) is 8.06. The van der Waals surface area contributed by atoms with Gasteiger partial charge in [0.05, 0.1) is 20.3 Å². The predicted molar refractivity (Wildman–Crippen MR) is 114 cm³/mol. The second-order valence-electron chi connectivity index (χ2n) is 8.51. The molecule has 160 valence electrons. The van der Waals surface area contributed by atoms with Crippen LogP contribution in [0.1, 0.15) is 52.9 Å². The molecular formula is C23H40N2O3. The molecule has 2 fully saturated rings. The van der Waals surface area contributed by atoms with Gasteiger partial charge >= 0.3 is 5.97 Å². The van der Waals surface area contributed by atoms with Crippen LogP contribution in [0, 0.1) is 5.92 Å². The number of allylic oxidation sites excluding steroid dienone is 3. The molecule has 0 N–H and O–H groups in total. The summed E-state index contributed by atoms with van der Waals surface area (Å²) in [6.07, 6.45) is 9.59. The van der Waals surface area contributed by atoms with Gasteiger partial charge in [-0.25, -0.2) is 0 Å². The van der Waals surface area contributed by atoms with Crippen LogP contribution in [0.2, 0.25) is 0 Å². The molecule has 5 heteroatoms. The third-order valence-electron chi connectivity index (χ3n) is 6.03. The molecule has 2 atom stereocenters. The maximum atomic E-state index is 11.7. The summed E-state index contributed by atoms with van der Waals surface area (Å²) in [6.45, 7) is 13.5. The van der Waals surface area contributed by atoms with E-state index in [2.05, 4.69) is 42.7 Å². The monoisotopic (exact) mass is 392 g/mol. The number of hydrogen-bond acceptors (Lipinski definition) is 5. The molecule has 5 nitrogen and oxygen atoms in total. The smallest absolute Gasteiger partial charge is 0.305 e. The quantitative estimate of drug-likeness (QED) is 0.442. The lowest BCUT2D eigenvalue weighted by Gasteiger charge is -2.45. The number of rotatable bonds is 9. The second kappa shape index (κ2) is 12.4. The lowest BCUT2D eigenvalue weighted by atomic mass is 9.86. The van der Waals surface area contributed by atoms with Gasteiger partial charge in [-0.1, -0.05) is 23.3 Å². The molecule has 0 aromatic carbocycles. The Balaban J connectivity index is 1.90. The van der Waals surface area contributed by atoms with Crippen LogP contribution >= 0.6 is 0 Å². The van der Waals surface area contributed by atoms with Crippen LogP contribution in [-0.2, 0) is 14.3 Å². The predicted octanol–water partition coefficient (Wildman–Crippen LogP) is 3.66. The zero-order valence-corrected chi connectivity index (χ0v) is 18.4. The van der Waals surface area contributed by atoms with Gasteiger partial charge in [0, 0.05) is 38.6 Å². The molecule has 28 heavy (non-hydrogen) atoms. The lowest BCUT2D eigenvalue weighted by molar-refractivity contribution is -0.141. The molecule has 2 heterocycles. The minimum absolute atomic E-state index is 0.0899. The van der Waals surface area contributed by atoms with E-state index < -0.39 is 0 Å². The van der Waals surface area contributed by atoms with Crippen molar-refractivity contribution in [2.24, 2.45) is 5.92 Å². The van der Waals surface area contributed by atoms with Crippen molar-refractivity contribution in [2.45, 2.75) is 58.9 Å². The first-order valence-corrected chi connectivity index (χ1v) is 10.9. The molecule has 2 rings (SSSR count). The zero-order chi connectivity index (χ0) is 20.4. The Hall–Kier alpha value is -1.17. The van der Waals surface area contributed by atoms with Crippen LogP contribution in [0.25, 0.3) is 0 Å². The lowest BCUT2D eigenvalue weighted by Crippen LogP contribution is -2.54. The Morgan fingerprint density at radius 3 is 2.54 bits per heavy atom. The summed E-state index contributed by atoms with van der Waals surface area (Å²) >= 11 is 0. The zero-order valence-electron chi connectivity index (χ0n) is 18.4. The first-order chi connectivity index (χ1) is 13.5. The number of morpholine rings is 1. The fraction of sp³-hybridized carbons (Fsp3) is 0.783. The van der Waals surface area contributed by atoms with Crippen LogP contribution in [0.4, 0.5) is 0 Å². The van der Waals surface area contributed by atoms with E-state index in [0.717, 1.165) is 65.2 Å². The minimum atomic E-state index is -0.0899. The molecule has 0 spiro atoms. The maximum absolute atomic E-state index is 11.7. The number of carbonyl (C=O) groups excluding carboxylic acids is 1. The van der Waals surface area contributed by atoms with Crippen LogP contribution in [0.15, 0.2) is 23.3 Å². The number of likely N-dealkylation sites (tertiary alicyclic amines) is 1. The summed E-state index contributed by atoms with van der Waals surface area (Å²) in [5.41, 5.74) is 2.87. The summed E-state index contributed by atoms with van der Waals surface area (Å²) in [5, 5.41) is 0. The summed E-state index contributed by atoms with van der Waals surface area (Å²) in [7, 11) is 1.48. The largest absolute Gasteiger partial charge is 0.469 e. The normalized spacial score (nSPS) is 24.8. The topological polar surface area (TPSA) is 42.0 Å². The Labute approximate surface area is 171 Å². The molecule has 0 saturated carbocycles. The minimum Gasteiger partial charge on any atom is -0.469 e. The molecule has 0 unspecified atom stereocenters. The number of methoxy groups -OCH3 is 1. The Morgan fingerprint density at radius 2 is 1.86 bits per heavy atom. The van der Waals surface area contributed by atoms with Crippen molar-refractivity contribution >= 4 is 5.97 Å². The van der Waals surface area contributed by atoms with Crippen molar-refractivity contribution in [1.82, 2.24) is 9.80 Å². The Morgan fingerprint density at radius 1 is 1.11 bits per heavy atom. The van der Waals surface area contributed by atoms with Gasteiger partial charge in [0.15, 0.2) is 0 Å². The fourth-order valence-corrected chi connectivity index (χ4v) is 4.32. The fourth-order valence-electron chi connectivity index (χ4n) is 4.32. The van der Waals surface area contributed by atoms with Crippen LogP contribution in [0.5, 0.6) is 0 Å². The van der Waals surface area contributed by atoms with E-state index in [0.29, 0.717) is 18.4 Å². The van der Waals surface area contributed by atoms with Gasteiger partial charge in [-0.2, -0.15) is 0 Å². The molecular weight excluding hydrogens is 352 g/mol. The Bertz CT molecular complexity index is 534. The standard InChI is InChI=1S/C23H40N2O3/c1-19(2)6-5-7-20(3)10-12-24-13-11-22(25-14-16-28-17-15-25)21(18-24)8-9-23(26)27-4/h6,10,21-22H,5,7-9,11-18H2,1-4H3/b20-10+/t21-,22+/m0/s1. The van der Waals surface area contributed by atoms with Gasteiger partial charge < -0.3 is 9.47 Å². The molecule has 0 bridgehead atoms. The molecule has 2 aliphatic heterocycles. The molecule has 0 aliphatic carbocycles. The number of hydrogen-bond donors (Lipinski definition) is 0. The van der Waals surface area contributed by atoms with Crippen LogP contribution < -0.4 is 0 Å². The Kier molecular flexibility index (Phi) is 10.2. The third-order valence-corrected chi connectivity index (χ3v) is 6.03. The molecule has 0 aromatic rings. The molecule has 0 amide bonds. The van der Waals surface area contributed by atoms with E-state index in [-0.39, 0.29) is 5.97 Å². The van der Waals surface area contributed by atoms with E-state index in [1.54, 1.807) is 0 Å². The van der Waals surface area contributed by atoms with Crippen molar-refractivity contribution in [3.8, 4) is 0 Å². The van der Waals surface area contributed by atoms with E-state index in [1.807, 2.05) is 0 Å².